The topological polar surface area (TPSA) is 82.3 Å². The predicted octanol–water partition coefficient (Wildman–Crippen LogP) is 4.80. The van der Waals surface area contributed by atoms with Gasteiger partial charge in [0, 0.05) is 16.7 Å². The molecule has 0 radical (unpaired) electrons. The molecule has 1 heterocycles. The highest BCUT2D eigenvalue weighted by molar-refractivity contribution is 7.99. The number of benzene rings is 3. The van der Waals surface area contributed by atoms with E-state index in [4.69, 9.17) is 9.15 Å². The first-order valence-corrected chi connectivity index (χ1v) is 10.2. The lowest BCUT2D eigenvalue weighted by Gasteiger charge is -2.05. The van der Waals surface area contributed by atoms with Gasteiger partial charge in [-0.05, 0) is 60.7 Å². The first kappa shape index (κ1) is 20.5. The summed E-state index contributed by atoms with van der Waals surface area (Å²) in [6.07, 6.45) is 0. The molecule has 0 N–H and O–H groups in total. The molecule has 0 unspecified atom stereocenters. The van der Waals surface area contributed by atoms with Crippen LogP contribution >= 0.6 is 11.8 Å². The van der Waals surface area contributed by atoms with Crippen LogP contribution in [0.3, 0.4) is 0 Å². The molecule has 8 heteroatoms. The van der Waals surface area contributed by atoms with Crippen LogP contribution in [0.15, 0.2) is 88.5 Å². The maximum atomic E-state index is 13.0. The number of rotatable bonds is 7. The highest BCUT2D eigenvalue weighted by atomic mass is 32.2. The Morgan fingerprint density at radius 2 is 1.52 bits per heavy atom. The third-order valence-corrected chi connectivity index (χ3v) is 4.99. The number of aromatic nitrogens is 2. The number of ketones is 1. The zero-order valence-electron chi connectivity index (χ0n) is 16.0. The van der Waals surface area contributed by atoms with Crippen molar-refractivity contribution in [3.63, 3.8) is 0 Å². The molecule has 0 saturated carbocycles. The van der Waals surface area contributed by atoms with Gasteiger partial charge in [-0.2, -0.15) is 0 Å². The van der Waals surface area contributed by atoms with E-state index < -0.39 is 11.8 Å². The van der Waals surface area contributed by atoms with Crippen molar-refractivity contribution >= 4 is 23.5 Å². The number of ether oxygens (including phenoxy) is 1. The molecule has 0 aliphatic heterocycles. The highest BCUT2D eigenvalue weighted by Gasteiger charge is 2.13. The molecule has 4 aromatic rings. The number of carbonyl (C=O) groups is 2. The van der Waals surface area contributed by atoms with E-state index in [0.717, 1.165) is 17.3 Å². The summed E-state index contributed by atoms with van der Waals surface area (Å²) >= 11 is 1.07. The Morgan fingerprint density at radius 3 is 2.19 bits per heavy atom. The lowest BCUT2D eigenvalue weighted by Crippen LogP contribution is -2.11. The molecule has 6 nitrogen and oxygen atoms in total. The first-order chi connectivity index (χ1) is 15.1. The number of esters is 1. The number of nitrogens with zero attached hydrogens (tertiary/aromatic N) is 2. The Labute approximate surface area is 181 Å². The van der Waals surface area contributed by atoms with Gasteiger partial charge in [0.2, 0.25) is 5.89 Å². The minimum Gasteiger partial charge on any atom is -0.426 e. The maximum Gasteiger partial charge on any atom is 0.321 e. The smallest absolute Gasteiger partial charge is 0.321 e. The van der Waals surface area contributed by atoms with Crippen LogP contribution in [0.5, 0.6) is 5.75 Å². The molecule has 0 aliphatic rings. The van der Waals surface area contributed by atoms with Crippen molar-refractivity contribution < 1.29 is 23.1 Å². The van der Waals surface area contributed by atoms with Gasteiger partial charge in [0.1, 0.15) is 17.3 Å². The Bertz CT molecular complexity index is 1190. The van der Waals surface area contributed by atoms with E-state index in [1.54, 1.807) is 12.1 Å². The van der Waals surface area contributed by atoms with Crippen LogP contribution in [-0.2, 0) is 4.79 Å². The Kier molecular flexibility index (Phi) is 6.18. The second-order valence-electron chi connectivity index (χ2n) is 6.36. The van der Waals surface area contributed by atoms with E-state index in [9.17, 15) is 14.0 Å². The summed E-state index contributed by atoms with van der Waals surface area (Å²) in [5, 5.41) is 8.14. The summed E-state index contributed by atoms with van der Waals surface area (Å²) in [4.78, 5) is 24.5. The van der Waals surface area contributed by atoms with Crippen LogP contribution in [0.4, 0.5) is 4.39 Å². The van der Waals surface area contributed by atoms with Crippen molar-refractivity contribution in [3.8, 4) is 17.2 Å². The van der Waals surface area contributed by atoms with E-state index in [1.807, 2.05) is 30.3 Å². The Balaban J connectivity index is 1.31. The summed E-state index contributed by atoms with van der Waals surface area (Å²) in [6.45, 7) is 0. The van der Waals surface area contributed by atoms with Gasteiger partial charge >= 0.3 is 5.97 Å². The second kappa shape index (κ2) is 9.36. The highest BCUT2D eigenvalue weighted by Crippen LogP contribution is 2.23. The second-order valence-corrected chi connectivity index (χ2v) is 7.29. The largest absolute Gasteiger partial charge is 0.426 e. The monoisotopic (exact) mass is 434 g/mol. The van der Waals surface area contributed by atoms with Gasteiger partial charge in [-0.25, -0.2) is 4.39 Å². The van der Waals surface area contributed by atoms with Crippen molar-refractivity contribution in [2.45, 2.75) is 5.22 Å². The number of carbonyl (C=O) groups excluding carboxylic acids is 2. The molecule has 0 aliphatic carbocycles. The zero-order valence-corrected chi connectivity index (χ0v) is 16.8. The average molecular weight is 434 g/mol. The Hall–Kier alpha value is -3.78. The van der Waals surface area contributed by atoms with Crippen LogP contribution in [0.25, 0.3) is 11.5 Å². The molecule has 154 valence electrons. The number of halogens is 1. The zero-order chi connectivity index (χ0) is 21.6. The third-order valence-electron chi connectivity index (χ3n) is 4.20. The van der Waals surface area contributed by atoms with Gasteiger partial charge in [0.25, 0.3) is 5.22 Å². The van der Waals surface area contributed by atoms with Crippen LogP contribution in [0.2, 0.25) is 0 Å². The lowest BCUT2D eigenvalue weighted by atomic mass is 10.0. The van der Waals surface area contributed by atoms with Crippen molar-refractivity contribution in [2.24, 2.45) is 0 Å². The molecule has 31 heavy (non-hydrogen) atoms. The number of hydrogen-bond donors (Lipinski definition) is 0. The molecule has 0 atom stereocenters. The van der Waals surface area contributed by atoms with Crippen molar-refractivity contribution in [3.05, 3.63) is 95.8 Å². The van der Waals surface area contributed by atoms with E-state index in [1.165, 1.54) is 36.4 Å². The molecule has 0 amide bonds. The third kappa shape index (κ3) is 5.23. The van der Waals surface area contributed by atoms with Crippen LogP contribution < -0.4 is 4.74 Å². The average Bonchev–Trinajstić information content (AvgIpc) is 3.28. The Morgan fingerprint density at radius 1 is 0.871 bits per heavy atom. The number of thioether (sulfide) groups is 1. The standard InChI is InChI=1S/C23H15FN2O4S/c24-18-10-6-15(7-11-18)21(28)16-8-12-19(13-9-16)29-20(27)14-31-23-26-25-22(30-23)17-4-2-1-3-5-17/h1-13H,14H2. The van der Waals surface area contributed by atoms with Crippen LogP contribution in [-0.4, -0.2) is 27.7 Å². The maximum absolute atomic E-state index is 13.0. The molecular weight excluding hydrogens is 419 g/mol. The van der Waals surface area contributed by atoms with Gasteiger partial charge in [-0.1, -0.05) is 30.0 Å². The predicted molar refractivity (Wildman–Crippen MR) is 112 cm³/mol. The van der Waals surface area contributed by atoms with E-state index >= 15 is 0 Å². The fraction of sp³-hybridized carbons (Fsp3) is 0.0435. The SMILES string of the molecule is O=C(CSc1nnc(-c2ccccc2)o1)Oc1ccc(C(=O)c2ccc(F)cc2)cc1. The fourth-order valence-corrected chi connectivity index (χ4v) is 3.23. The minimum absolute atomic E-state index is 0.0211. The molecule has 3 aromatic carbocycles. The molecule has 1 aromatic heterocycles. The summed E-state index contributed by atoms with van der Waals surface area (Å²) in [7, 11) is 0. The first-order valence-electron chi connectivity index (χ1n) is 9.21. The quantitative estimate of drug-likeness (QED) is 0.179. The van der Waals surface area contributed by atoms with Gasteiger partial charge in [0.05, 0.1) is 0 Å². The summed E-state index contributed by atoms with van der Waals surface area (Å²) in [5.74, 6) is -0.503. The van der Waals surface area contributed by atoms with Crippen molar-refractivity contribution in [1.29, 1.82) is 0 Å². The van der Waals surface area contributed by atoms with Gasteiger partial charge < -0.3 is 9.15 Å². The van der Waals surface area contributed by atoms with Gasteiger partial charge in [-0.3, -0.25) is 9.59 Å². The van der Waals surface area contributed by atoms with Crippen molar-refractivity contribution in [1.82, 2.24) is 10.2 Å². The number of hydrogen-bond acceptors (Lipinski definition) is 7. The van der Waals surface area contributed by atoms with E-state index in [0.29, 0.717) is 22.8 Å². The van der Waals surface area contributed by atoms with E-state index in [-0.39, 0.29) is 16.8 Å². The molecule has 0 bridgehead atoms. The summed E-state index contributed by atoms with van der Waals surface area (Å²) < 4.78 is 23.8. The molecule has 4 rings (SSSR count). The van der Waals surface area contributed by atoms with Crippen molar-refractivity contribution in [2.75, 3.05) is 5.75 Å². The fourth-order valence-electron chi connectivity index (χ4n) is 2.69. The molecule has 0 spiro atoms. The summed E-state index contributed by atoms with van der Waals surface area (Å²) in [6, 6.07) is 20.8. The van der Waals surface area contributed by atoms with Crippen LogP contribution in [0.1, 0.15) is 15.9 Å². The molecular formula is C23H15FN2O4S. The normalized spacial score (nSPS) is 10.6. The summed E-state index contributed by atoms with van der Waals surface area (Å²) in [5.41, 5.74) is 1.57. The van der Waals surface area contributed by atoms with E-state index in [2.05, 4.69) is 10.2 Å². The minimum atomic E-state index is -0.498. The molecule has 0 fully saturated rings. The lowest BCUT2D eigenvalue weighted by molar-refractivity contribution is -0.131. The van der Waals surface area contributed by atoms with Gasteiger partial charge in [-0.15, -0.1) is 10.2 Å². The molecule has 0 saturated heterocycles. The van der Waals surface area contributed by atoms with Crippen LogP contribution in [0, 0.1) is 5.82 Å². The van der Waals surface area contributed by atoms with Gasteiger partial charge in [0.15, 0.2) is 5.78 Å².